The van der Waals surface area contributed by atoms with E-state index in [1.165, 1.54) is 12.1 Å². The van der Waals surface area contributed by atoms with Crippen LogP contribution in [-0.2, 0) is 20.8 Å². The van der Waals surface area contributed by atoms with Crippen LogP contribution in [0.15, 0.2) is 42.5 Å². The van der Waals surface area contributed by atoms with Crippen LogP contribution < -0.4 is 0 Å². The number of amides is 3. The molecular weight excluding hydrogens is 540 g/mol. The lowest BCUT2D eigenvalue weighted by atomic mass is 9.93. The van der Waals surface area contributed by atoms with Gasteiger partial charge in [0.1, 0.15) is 5.82 Å². The van der Waals surface area contributed by atoms with Gasteiger partial charge in [-0.3, -0.25) is 14.4 Å². The quantitative estimate of drug-likeness (QED) is 0.479. The number of nitrogens with zero attached hydrogens (tertiary/aromatic N) is 3. The summed E-state index contributed by atoms with van der Waals surface area (Å²) in [5.74, 6) is -0.438. The van der Waals surface area contributed by atoms with Gasteiger partial charge in [-0.1, -0.05) is 48.3 Å². The Labute approximate surface area is 239 Å². The summed E-state index contributed by atoms with van der Waals surface area (Å²) in [5, 5.41) is 0.879. The standard InChI is InChI=1S/C30H34Cl2FN3O3/c1-30(11-12-30)29(39)35-13-9-20(10-14-35)28(38)36-17-23(21-5-8-24(31)25(32)16-21)26(18-36)34(2)27(37)15-19-3-6-22(33)7-4-19/h3-8,16,20,23,26H,9-15,17-18H2,1-2H3/t23-,26+/m1/s1. The lowest BCUT2D eigenvalue weighted by molar-refractivity contribution is -0.142. The third kappa shape index (κ3) is 5.94. The highest BCUT2D eigenvalue weighted by atomic mass is 35.5. The molecule has 1 aliphatic carbocycles. The Morgan fingerprint density at radius 1 is 0.974 bits per heavy atom. The van der Waals surface area contributed by atoms with E-state index in [0.717, 1.165) is 24.0 Å². The zero-order valence-corrected chi connectivity index (χ0v) is 23.8. The molecule has 3 amide bonds. The molecule has 2 aromatic rings. The van der Waals surface area contributed by atoms with Crippen LogP contribution in [0.5, 0.6) is 0 Å². The van der Waals surface area contributed by atoms with E-state index in [2.05, 4.69) is 0 Å². The molecule has 208 valence electrons. The second kappa shape index (κ2) is 11.1. The first-order valence-corrected chi connectivity index (χ1v) is 14.3. The van der Waals surface area contributed by atoms with Crippen molar-refractivity contribution in [2.75, 3.05) is 33.2 Å². The van der Waals surface area contributed by atoms with Crippen LogP contribution in [-0.4, -0.2) is 71.7 Å². The van der Waals surface area contributed by atoms with Gasteiger partial charge in [0, 0.05) is 50.5 Å². The van der Waals surface area contributed by atoms with Crippen LogP contribution in [0.4, 0.5) is 4.39 Å². The summed E-state index contributed by atoms with van der Waals surface area (Å²) >= 11 is 12.5. The van der Waals surface area contributed by atoms with Gasteiger partial charge in [-0.2, -0.15) is 0 Å². The monoisotopic (exact) mass is 573 g/mol. The number of likely N-dealkylation sites (N-methyl/N-ethyl adjacent to an activating group) is 1. The Morgan fingerprint density at radius 2 is 1.64 bits per heavy atom. The molecule has 0 aromatic heterocycles. The molecule has 2 aromatic carbocycles. The molecule has 2 atom stereocenters. The lowest BCUT2D eigenvalue weighted by Crippen LogP contribution is -2.46. The fourth-order valence-electron chi connectivity index (χ4n) is 5.89. The smallest absolute Gasteiger partial charge is 0.228 e. The zero-order chi connectivity index (χ0) is 27.9. The van der Waals surface area contributed by atoms with Crippen molar-refractivity contribution >= 4 is 40.9 Å². The van der Waals surface area contributed by atoms with Crippen molar-refractivity contribution in [2.45, 2.75) is 51.0 Å². The predicted octanol–water partition coefficient (Wildman–Crippen LogP) is 5.17. The lowest BCUT2D eigenvalue weighted by Gasteiger charge is -2.34. The summed E-state index contributed by atoms with van der Waals surface area (Å²) in [6.07, 6.45) is 3.34. The predicted molar refractivity (Wildman–Crippen MR) is 149 cm³/mol. The molecule has 2 aliphatic heterocycles. The third-order valence-electron chi connectivity index (χ3n) is 8.78. The van der Waals surface area contributed by atoms with Crippen LogP contribution >= 0.6 is 23.2 Å². The highest BCUT2D eigenvalue weighted by Crippen LogP contribution is 2.47. The molecule has 5 rings (SSSR count). The van der Waals surface area contributed by atoms with E-state index in [0.29, 0.717) is 49.1 Å². The van der Waals surface area contributed by atoms with Crippen molar-refractivity contribution in [3.63, 3.8) is 0 Å². The Morgan fingerprint density at radius 3 is 2.26 bits per heavy atom. The average molecular weight is 575 g/mol. The summed E-state index contributed by atoms with van der Waals surface area (Å²) in [7, 11) is 1.76. The van der Waals surface area contributed by atoms with E-state index in [-0.39, 0.29) is 53.3 Å². The van der Waals surface area contributed by atoms with E-state index in [1.54, 1.807) is 30.1 Å². The first-order chi connectivity index (χ1) is 18.6. The van der Waals surface area contributed by atoms with E-state index >= 15 is 0 Å². The number of hydrogen-bond donors (Lipinski definition) is 0. The molecule has 2 heterocycles. The molecule has 9 heteroatoms. The van der Waals surface area contributed by atoms with Gasteiger partial charge in [0.25, 0.3) is 0 Å². The zero-order valence-electron chi connectivity index (χ0n) is 22.3. The van der Waals surface area contributed by atoms with Gasteiger partial charge < -0.3 is 14.7 Å². The molecule has 0 bridgehead atoms. The number of carbonyl (C=O) groups is 3. The first kappa shape index (κ1) is 27.9. The minimum absolute atomic E-state index is 0.0756. The third-order valence-corrected chi connectivity index (χ3v) is 9.52. The van der Waals surface area contributed by atoms with Crippen molar-refractivity contribution in [3.8, 4) is 0 Å². The molecule has 6 nitrogen and oxygen atoms in total. The molecule has 0 unspecified atom stereocenters. The molecule has 3 aliphatic rings. The minimum Gasteiger partial charge on any atom is -0.342 e. The van der Waals surface area contributed by atoms with Gasteiger partial charge in [0.2, 0.25) is 17.7 Å². The molecule has 1 saturated carbocycles. The van der Waals surface area contributed by atoms with Gasteiger partial charge in [-0.05, 0) is 61.1 Å². The van der Waals surface area contributed by atoms with Crippen molar-refractivity contribution in [3.05, 3.63) is 69.5 Å². The average Bonchev–Trinajstić information content (AvgIpc) is 3.53. The van der Waals surface area contributed by atoms with Gasteiger partial charge in [0.15, 0.2) is 0 Å². The van der Waals surface area contributed by atoms with Crippen molar-refractivity contribution in [1.29, 1.82) is 0 Å². The Balaban J connectivity index is 1.30. The highest BCUT2D eigenvalue weighted by molar-refractivity contribution is 6.42. The van der Waals surface area contributed by atoms with E-state index in [4.69, 9.17) is 23.2 Å². The van der Waals surface area contributed by atoms with Gasteiger partial charge in [-0.15, -0.1) is 0 Å². The molecular formula is C30H34Cl2FN3O3. The molecule has 2 saturated heterocycles. The van der Waals surface area contributed by atoms with E-state index in [1.807, 2.05) is 28.9 Å². The summed E-state index contributed by atoms with van der Waals surface area (Å²) in [5.41, 5.74) is 1.45. The summed E-state index contributed by atoms with van der Waals surface area (Å²) < 4.78 is 13.3. The number of halogens is 3. The van der Waals surface area contributed by atoms with Crippen LogP contribution in [0.1, 0.15) is 49.7 Å². The topological polar surface area (TPSA) is 60.9 Å². The number of piperidine rings is 1. The van der Waals surface area contributed by atoms with Crippen molar-refractivity contribution in [1.82, 2.24) is 14.7 Å². The van der Waals surface area contributed by atoms with Crippen LogP contribution in [0.3, 0.4) is 0 Å². The van der Waals surface area contributed by atoms with Gasteiger partial charge in [0.05, 0.1) is 22.5 Å². The molecule has 39 heavy (non-hydrogen) atoms. The number of likely N-dealkylation sites (tertiary alicyclic amines) is 2. The summed E-state index contributed by atoms with van der Waals surface area (Å²) in [4.78, 5) is 45.2. The second-order valence-corrected chi connectivity index (χ2v) is 12.3. The van der Waals surface area contributed by atoms with Crippen LogP contribution in [0, 0.1) is 17.2 Å². The second-order valence-electron chi connectivity index (χ2n) is 11.5. The van der Waals surface area contributed by atoms with Gasteiger partial charge in [-0.25, -0.2) is 4.39 Å². The maximum atomic E-state index is 13.7. The maximum Gasteiger partial charge on any atom is 0.228 e. The van der Waals surface area contributed by atoms with Gasteiger partial charge >= 0.3 is 0 Å². The van der Waals surface area contributed by atoms with Crippen molar-refractivity contribution < 1.29 is 18.8 Å². The molecule has 0 N–H and O–H groups in total. The van der Waals surface area contributed by atoms with E-state index < -0.39 is 0 Å². The molecule has 0 radical (unpaired) electrons. The first-order valence-electron chi connectivity index (χ1n) is 13.6. The Bertz CT molecular complexity index is 1260. The van der Waals surface area contributed by atoms with E-state index in [9.17, 15) is 18.8 Å². The van der Waals surface area contributed by atoms with Crippen LogP contribution in [0.2, 0.25) is 10.0 Å². The molecule has 0 spiro atoms. The largest absolute Gasteiger partial charge is 0.342 e. The SMILES string of the molecule is CN(C(=O)Cc1ccc(F)cc1)[C@H]1CN(C(=O)C2CCN(C(=O)C3(C)CC3)CC2)C[C@@H]1c1ccc(Cl)c(Cl)c1. The number of rotatable bonds is 6. The normalized spacial score (nSPS) is 22.6. The highest BCUT2D eigenvalue weighted by Gasteiger charge is 2.48. The maximum absolute atomic E-state index is 13.7. The van der Waals surface area contributed by atoms with Crippen molar-refractivity contribution in [2.24, 2.45) is 11.3 Å². The number of carbonyl (C=O) groups excluding carboxylic acids is 3. The minimum atomic E-state index is -0.346. The summed E-state index contributed by atoms with van der Waals surface area (Å²) in [6.45, 7) is 4.11. The molecule has 3 fully saturated rings. The van der Waals surface area contributed by atoms with Crippen LogP contribution in [0.25, 0.3) is 0 Å². The number of benzene rings is 2. The fourth-order valence-corrected chi connectivity index (χ4v) is 6.19. The summed E-state index contributed by atoms with van der Waals surface area (Å²) in [6, 6.07) is 11.1. The Kier molecular flexibility index (Phi) is 7.93. The Hall–Kier alpha value is -2.64. The fraction of sp³-hybridized carbons (Fsp3) is 0.500. The number of hydrogen-bond acceptors (Lipinski definition) is 3.